The smallest absolute Gasteiger partial charge is 0.253 e. The molecule has 2 heterocycles. The van der Waals surface area contributed by atoms with Crippen LogP contribution in [0.4, 0.5) is 0 Å². The predicted octanol–water partition coefficient (Wildman–Crippen LogP) is 2.47. The number of halogens is 1. The first kappa shape index (κ1) is 21.8. The van der Waals surface area contributed by atoms with Crippen molar-refractivity contribution in [3.63, 3.8) is 0 Å². The van der Waals surface area contributed by atoms with E-state index in [-0.39, 0.29) is 35.8 Å². The minimum absolute atomic E-state index is 0. The molecule has 9 heteroatoms. The van der Waals surface area contributed by atoms with E-state index in [9.17, 15) is 13.2 Å². The van der Waals surface area contributed by atoms with Gasteiger partial charge in [-0.05, 0) is 49.5 Å². The number of likely N-dealkylation sites (tertiary alicyclic amines) is 1. The van der Waals surface area contributed by atoms with Crippen LogP contribution in [0.3, 0.4) is 0 Å². The van der Waals surface area contributed by atoms with Gasteiger partial charge in [0.1, 0.15) is 0 Å². The van der Waals surface area contributed by atoms with Gasteiger partial charge < -0.3 is 10.2 Å². The fourth-order valence-electron chi connectivity index (χ4n) is 3.04. The third-order valence-corrected chi connectivity index (χ3v) is 6.80. The highest BCUT2D eigenvalue weighted by Gasteiger charge is 2.24. The van der Waals surface area contributed by atoms with Gasteiger partial charge >= 0.3 is 0 Å². The van der Waals surface area contributed by atoms with Crippen LogP contribution in [0.2, 0.25) is 0 Å². The topological polar surface area (TPSA) is 78.5 Å². The number of rotatable bonds is 6. The quantitative estimate of drug-likeness (QED) is 0.739. The molecular weight excluding hydrogens is 406 g/mol. The Morgan fingerprint density at radius 3 is 2.81 bits per heavy atom. The van der Waals surface area contributed by atoms with Crippen LogP contribution in [0.5, 0.6) is 0 Å². The third kappa shape index (κ3) is 5.52. The second-order valence-corrected chi connectivity index (χ2v) is 9.11. The predicted molar refractivity (Wildman–Crippen MR) is 110 cm³/mol. The van der Waals surface area contributed by atoms with Crippen molar-refractivity contribution in [2.75, 3.05) is 20.1 Å². The Bertz CT molecular complexity index is 856. The summed E-state index contributed by atoms with van der Waals surface area (Å²) in [6.45, 7) is 1.59. The number of nitrogens with one attached hydrogen (secondary N) is 2. The molecule has 1 saturated heterocycles. The fourth-order valence-corrected chi connectivity index (χ4v) is 4.83. The van der Waals surface area contributed by atoms with Crippen molar-refractivity contribution in [2.45, 2.75) is 30.3 Å². The van der Waals surface area contributed by atoms with Gasteiger partial charge in [0.25, 0.3) is 5.91 Å². The molecule has 0 radical (unpaired) electrons. The van der Waals surface area contributed by atoms with Gasteiger partial charge in [0.05, 0.1) is 4.90 Å². The summed E-state index contributed by atoms with van der Waals surface area (Å²) in [5.74, 6) is -0.125. The second kappa shape index (κ2) is 9.66. The van der Waals surface area contributed by atoms with Crippen LogP contribution in [-0.4, -0.2) is 45.4 Å². The first-order valence-corrected chi connectivity index (χ1v) is 10.9. The van der Waals surface area contributed by atoms with Gasteiger partial charge in [-0.2, -0.15) is 0 Å². The zero-order valence-corrected chi connectivity index (χ0v) is 17.5. The second-order valence-electron chi connectivity index (χ2n) is 6.31. The number of carbonyl (C=O) groups excluding carboxylic acids is 1. The number of piperidine rings is 1. The lowest BCUT2D eigenvalue weighted by molar-refractivity contribution is 0.0698. The van der Waals surface area contributed by atoms with Gasteiger partial charge in [-0.15, -0.1) is 23.7 Å². The highest BCUT2D eigenvalue weighted by Crippen LogP contribution is 2.17. The molecule has 1 aromatic carbocycles. The van der Waals surface area contributed by atoms with Gasteiger partial charge in [-0.25, -0.2) is 13.1 Å². The first-order chi connectivity index (χ1) is 12.5. The Hall–Kier alpha value is -1.45. The largest absolute Gasteiger partial charge is 0.337 e. The molecule has 0 spiro atoms. The molecule has 1 fully saturated rings. The number of hydrogen-bond acceptors (Lipinski definition) is 5. The average molecular weight is 430 g/mol. The number of amides is 1. The van der Waals surface area contributed by atoms with Crippen molar-refractivity contribution >= 4 is 39.7 Å². The number of carbonyl (C=O) groups is 1. The summed E-state index contributed by atoms with van der Waals surface area (Å²) in [7, 11) is -1.77. The molecule has 148 valence electrons. The van der Waals surface area contributed by atoms with Crippen LogP contribution >= 0.6 is 23.7 Å². The monoisotopic (exact) mass is 429 g/mol. The van der Waals surface area contributed by atoms with Gasteiger partial charge in [0.2, 0.25) is 10.0 Å². The first-order valence-electron chi connectivity index (χ1n) is 8.58. The van der Waals surface area contributed by atoms with Gasteiger partial charge in [0, 0.05) is 36.1 Å². The zero-order chi connectivity index (χ0) is 18.6. The maximum absolute atomic E-state index is 12.8. The Morgan fingerprint density at radius 1 is 1.30 bits per heavy atom. The van der Waals surface area contributed by atoms with Crippen molar-refractivity contribution in [3.05, 3.63) is 52.2 Å². The van der Waals surface area contributed by atoms with Crippen LogP contribution in [-0.2, 0) is 16.6 Å². The summed E-state index contributed by atoms with van der Waals surface area (Å²) in [4.78, 5) is 15.6. The van der Waals surface area contributed by atoms with Gasteiger partial charge in [0.15, 0.2) is 0 Å². The average Bonchev–Trinajstić information content (AvgIpc) is 3.20. The number of benzene rings is 1. The number of nitrogens with zero attached hydrogens (tertiary/aromatic N) is 1. The molecule has 2 N–H and O–H groups in total. The van der Waals surface area contributed by atoms with E-state index in [0.717, 1.165) is 17.7 Å². The van der Waals surface area contributed by atoms with E-state index in [4.69, 9.17) is 0 Å². The van der Waals surface area contributed by atoms with Crippen LogP contribution in [0, 0.1) is 0 Å². The van der Waals surface area contributed by atoms with Crippen molar-refractivity contribution in [1.82, 2.24) is 14.9 Å². The van der Waals surface area contributed by atoms with Gasteiger partial charge in [-0.1, -0.05) is 12.1 Å². The SMILES string of the molecule is CNC1CCCN(C(=O)c2cccc(S(=O)(=O)NCc3cccs3)c2)C1.Cl. The zero-order valence-electron chi connectivity index (χ0n) is 15.1. The summed E-state index contributed by atoms with van der Waals surface area (Å²) in [5.41, 5.74) is 0.403. The van der Waals surface area contributed by atoms with E-state index in [1.165, 1.54) is 23.5 Å². The molecule has 3 rings (SSSR count). The van der Waals surface area contributed by atoms with Crippen LogP contribution < -0.4 is 10.0 Å². The molecule has 1 unspecified atom stereocenters. The Kier molecular flexibility index (Phi) is 7.81. The highest BCUT2D eigenvalue weighted by atomic mass is 35.5. The summed E-state index contributed by atoms with van der Waals surface area (Å²) in [5, 5.41) is 5.11. The van der Waals surface area contributed by atoms with E-state index in [2.05, 4.69) is 10.0 Å². The number of thiophene rings is 1. The maximum atomic E-state index is 12.8. The Morgan fingerprint density at radius 2 is 2.11 bits per heavy atom. The van der Waals surface area contributed by atoms with Crippen LogP contribution in [0.1, 0.15) is 28.1 Å². The van der Waals surface area contributed by atoms with E-state index in [1.54, 1.807) is 17.0 Å². The summed E-state index contributed by atoms with van der Waals surface area (Å²) in [6, 6.07) is 10.3. The molecule has 27 heavy (non-hydrogen) atoms. The summed E-state index contributed by atoms with van der Waals surface area (Å²) >= 11 is 1.49. The minimum Gasteiger partial charge on any atom is -0.337 e. The lowest BCUT2D eigenvalue weighted by Gasteiger charge is -2.32. The van der Waals surface area contributed by atoms with Crippen molar-refractivity contribution in [2.24, 2.45) is 0 Å². The minimum atomic E-state index is -3.66. The van der Waals surface area contributed by atoms with Crippen molar-refractivity contribution in [1.29, 1.82) is 0 Å². The van der Waals surface area contributed by atoms with E-state index in [1.807, 2.05) is 24.6 Å². The van der Waals surface area contributed by atoms with Crippen LogP contribution in [0.15, 0.2) is 46.7 Å². The number of hydrogen-bond donors (Lipinski definition) is 2. The molecule has 0 bridgehead atoms. The third-order valence-electron chi connectivity index (χ3n) is 4.52. The molecule has 6 nitrogen and oxygen atoms in total. The van der Waals surface area contributed by atoms with E-state index in [0.29, 0.717) is 18.7 Å². The molecule has 1 aliphatic heterocycles. The maximum Gasteiger partial charge on any atom is 0.253 e. The molecule has 1 aliphatic rings. The fraction of sp³-hybridized carbons (Fsp3) is 0.389. The van der Waals surface area contributed by atoms with Crippen molar-refractivity contribution < 1.29 is 13.2 Å². The lowest BCUT2D eigenvalue weighted by atomic mass is 10.0. The summed E-state index contributed by atoms with van der Waals surface area (Å²) in [6.07, 6.45) is 1.99. The Labute approximate surface area is 170 Å². The van der Waals surface area contributed by atoms with E-state index < -0.39 is 10.0 Å². The molecule has 2 aromatic rings. The molecule has 1 atom stereocenters. The van der Waals surface area contributed by atoms with Gasteiger partial charge in [-0.3, -0.25) is 4.79 Å². The lowest BCUT2D eigenvalue weighted by Crippen LogP contribution is -2.47. The summed E-state index contributed by atoms with van der Waals surface area (Å²) < 4.78 is 27.7. The number of likely N-dealkylation sites (N-methyl/N-ethyl adjacent to an activating group) is 1. The van der Waals surface area contributed by atoms with Crippen molar-refractivity contribution in [3.8, 4) is 0 Å². The molecule has 0 aliphatic carbocycles. The molecular formula is C18H24ClN3O3S2. The molecule has 0 saturated carbocycles. The molecule has 1 aromatic heterocycles. The Balaban J connectivity index is 0.00000261. The van der Waals surface area contributed by atoms with E-state index >= 15 is 0 Å². The molecule has 1 amide bonds. The van der Waals surface area contributed by atoms with Crippen LogP contribution in [0.25, 0.3) is 0 Å². The highest BCUT2D eigenvalue weighted by molar-refractivity contribution is 7.89. The standard InChI is InChI=1S/C18H23N3O3S2.ClH/c1-19-15-6-3-9-21(13-15)18(22)14-5-2-8-17(11-14)26(23,24)20-12-16-7-4-10-25-16;/h2,4-5,7-8,10-11,15,19-20H,3,6,9,12-13H2,1H3;1H. The number of sulfonamides is 1. The normalized spacial score (nSPS) is 17.4.